The molecule has 1 aromatic heterocycles. The fourth-order valence-corrected chi connectivity index (χ4v) is 4.84. The van der Waals surface area contributed by atoms with Crippen LogP contribution < -0.4 is 4.90 Å². The Kier molecular flexibility index (Phi) is 6.95. The second kappa shape index (κ2) is 9.85. The maximum absolute atomic E-state index is 14.3. The smallest absolute Gasteiger partial charge is 0.263 e. The number of piperidine rings is 1. The van der Waals surface area contributed by atoms with Gasteiger partial charge in [-0.05, 0) is 50.6 Å². The highest BCUT2D eigenvalue weighted by molar-refractivity contribution is 7.18. The molecule has 0 atom stereocenters. The molecule has 4 rings (SSSR count). The van der Waals surface area contributed by atoms with Crippen LogP contribution in [0.5, 0.6) is 0 Å². The molecule has 31 heavy (non-hydrogen) atoms. The number of aromatic nitrogens is 2. The molecule has 0 spiro atoms. The van der Waals surface area contributed by atoms with E-state index in [0.29, 0.717) is 11.7 Å². The van der Waals surface area contributed by atoms with E-state index in [9.17, 15) is 9.18 Å². The second-order valence-corrected chi connectivity index (χ2v) is 8.94. The molecule has 1 fully saturated rings. The molecule has 8 heteroatoms. The van der Waals surface area contributed by atoms with Crippen molar-refractivity contribution in [2.75, 3.05) is 24.5 Å². The van der Waals surface area contributed by atoms with Gasteiger partial charge >= 0.3 is 0 Å². The Morgan fingerprint density at radius 1 is 1.13 bits per heavy atom. The molecule has 0 aliphatic carbocycles. The largest absolute Gasteiger partial charge is 0.299 e. The molecule has 1 aliphatic heterocycles. The number of likely N-dealkylation sites (tertiary alicyclic amines) is 1. The molecular weight excluding hydrogens is 435 g/mol. The number of hydrogen-bond acceptors (Lipinski definition) is 5. The summed E-state index contributed by atoms with van der Waals surface area (Å²) in [6, 6.07) is 12.7. The van der Waals surface area contributed by atoms with Gasteiger partial charge in [-0.15, -0.1) is 10.2 Å². The number of nitrogens with zero attached hydrogens (tertiary/aromatic N) is 4. The minimum atomic E-state index is -0.721. The highest BCUT2D eigenvalue weighted by Gasteiger charge is 2.24. The molecule has 0 N–H and O–H groups in total. The van der Waals surface area contributed by atoms with Crippen molar-refractivity contribution < 1.29 is 9.18 Å². The summed E-state index contributed by atoms with van der Waals surface area (Å²) in [7, 11) is 0. The summed E-state index contributed by atoms with van der Waals surface area (Å²) >= 11 is 7.15. The second-order valence-electron chi connectivity index (χ2n) is 7.57. The first-order valence-corrected chi connectivity index (χ1v) is 11.7. The molecule has 5 nitrogen and oxygen atoms in total. The van der Waals surface area contributed by atoms with Crippen LogP contribution in [0.3, 0.4) is 0 Å². The zero-order valence-electron chi connectivity index (χ0n) is 17.4. The van der Waals surface area contributed by atoms with Gasteiger partial charge in [-0.1, -0.05) is 59.7 Å². The first-order valence-electron chi connectivity index (χ1n) is 10.5. The number of hydrogen-bond donors (Lipinski definition) is 0. The van der Waals surface area contributed by atoms with Gasteiger partial charge in [0.2, 0.25) is 5.13 Å². The molecule has 162 valence electrons. The molecule has 0 saturated carbocycles. The standard InChI is InChI=1S/C23H24ClFN4OS/c1-2-29(22(30)18-7-6-8-19(24)20(18)25)23-27-26-21(31-23)17-11-9-16(10-12-17)15-28-13-4-3-5-14-28/h6-12H,2-5,13-15H2,1H3. The van der Waals surface area contributed by atoms with Crippen molar-refractivity contribution in [3.63, 3.8) is 0 Å². The van der Waals surface area contributed by atoms with Crippen LogP contribution in [-0.2, 0) is 6.54 Å². The van der Waals surface area contributed by atoms with Gasteiger partial charge in [0.05, 0.1) is 10.6 Å². The lowest BCUT2D eigenvalue weighted by molar-refractivity contribution is 0.0984. The van der Waals surface area contributed by atoms with Crippen LogP contribution in [0, 0.1) is 5.82 Å². The van der Waals surface area contributed by atoms with Gasteiger partial charge in [0.1, 0.15) is 5.01 Å². The van der Waals surface area contributed by atoms with Crippen molar-refractivity contribution in [1.29, 1.82) is 0 Å². The lowest BCUT2D eigenvalue weighted by atomic mass is 10.1. The summed E-state index contributed by atoms with van der Waals surface area (Å²) in [4.78, 5) is 16.8. The predicted molar refractivity (Wildman–Crippen MR) is 123 cm³/mol. The minimum Gasteiger partial charge on any atom is -0.299 e. The van der Waals surface area contributed by atoms with E-state index in [0.717, 1.165) is 30.2 Å². The third-order valence-electron chi connectivity index (χ3n) is 5.44. The summed E-state index contributed by atoms with van der Waals surface area (Å²) in [6.07, 6.45) is 3.88. The lowest BCUT2D eigenvalue weighted by Crippen LogP contribution is -2.31. The summed E-state index contributed by atoms with van der Waals surface area (Å²) in [6.45, 7) is 5.45. The molecule has 2 heterocycles. The van der Waals surface area contributed by atoms with Crippen LogP contribution in [0.1, 0.15) is 42.1 Å². The Balaban J connectivity index is 1.50. The predicted octanol–water partition coefficient (Wildman–Crippen LogP) is 5.65. The fourth-order valence-electron chi connectivity index (χ4n) is 3.75. The summed E-state index contributed by atoms with van der Waals surface area (Å²) in [5.41, 5.74) is 2.15. The SMILES string of the molecule is CCN(C(=O)c1cccc(Cl)c1F)c1nnc(-c2ccc(CN3CCCCC3)cc2)s1. The Morgan fingerprint density at radius 2 is 1.87 bits per heavy atom. The summed E-state index contributed by atoms with van der Waals surface area (Å²) in [5, 5.41) is 9.52. The van der Waals surface area contributed by atoms with Crippen molar-refractivity contribution in [3.05, 3.63) is 64.4 Å². The average molecular weight is 459 g/mol. The van der Waals surface area contributed by atoms with Gasteiger partial charge in [0, 0.05) is 18.7 Å². The topological polar surface area (TPSA) is 49.3 Å². The number of halogens is 2. The van der Waals surface area contributed by atoms with Crippen molar-refractivity contribution in [2.45, 2.75) is 32.7 Å². The molecule has 1 saturated heterocycles. The Morgan fingerprint density at radius 3 is 2.58 bits per heavy atom. The van der Waals surface area contributed by atoms with Crippen molar-refractivity contribution in [1.82, 2.24) is 15.1 Å². The van der Waals surface area contributed by atoms with Crippen LogP contribution in [0.25, 0.3) is 10.6 Å². The molecular formula is C23H24ClFN4OS. The zero-order chi connectivity index (χ0) is 21.8. The maximum Gasteiger partial charge on any atom is 0.263 e. The third kappa shape index (κ3) is 4.95. The molecule has 1 aliphatic rings. The van der Waals surface area contributed by atoms with Crippen LogP contribution in [0.2, 0.25) is 5.02 Å². The molecule has 0 radical (unpaired) electrons. The highest BCUT2D eigenvalue weighted by Crippen LogP contribution is 2.30. The van der Waals surface area contributed by atoms with Crippen LogP contribution in [0.15, 0.2) is 42.5 Å². The van der Waals surface area contributed by atoms with Crippen molar-refractivity contribution >= 4 is 34.0 Å². The Labute approximate surface area is 190 Å². The molecule has 0 unspecified atom stereocenters. The van der Waals surface area contributed by atoms with E-state index in [2.05, 4.69) is 27.2 Å². The highest BCUT2D eigenvalue weighted by atomic mass is 35.5. The molecule has 0 bridgehead atoms. The van der Waals surface area contributed by atoms with E-state index in [1.165, 1.54) is 53.2 Å². The van der Waals surface area contributed by atoms with E-state index in [4.69, 9.17) is 11.6 Å². The minimum absolute atomic E-state index is 0.0758. The van der Waals surface area contributed by atoms with Gasteiger partial charge in [0.15, 0.2) is 5.82 Å². The molecule has 3 aromatic rings. The number of benzene rings is 2. The normalized spacial score (nSPS) is 14.5. The van der Waals surface area contributed by atoms with E-state index in [-0.39, 0.29) is 10.6 Å². The first-order chi connectivity index (χ1) is 15.1. The van der Waals surface area contributed by atoms with Crippen LogP contribution >= 0.6 is 22.9 Å². The monoisotopic (exact) mass is 458 g/mol. The van der Waals surface area contributed by atoms with Gasteiger partial charge in [-0.2, -0.15) is 0 Å². The third-order valence-corrected chi connectivity index (χ3v) is 6.73. The van der Waals surface area contributed by atoms with E-state index in [1.807, 2.05) is 19.1 Å². The van der Waals surface area contributed by atoms with Gasteiger partial charge in [-0.25, -0.2) is 4.39 Å². The van der Waals surface area contributed by atoms with E-state index in [1.54, 1.807) is 6.07 Å². The van der Waals surface area contributed by atoms with Gasteiger partial charge in [0.25, 0.3) is 5.91 Å². The van der Waals surface area contributed by atoms with Gasteiger partial charge in [-0.3, -0.25) is 14.6 Å². The molecule has 2 aromatic carbocycles. The first kappa shape index (κ1) is 21.9. The molecule has 1 amide bonds. The number of anilines is 1. The average Bonchev–Trinajstić information content (AvgIpc) is 3.27. The number of carbonyl (C=O) groups excluding carboxylic acids is 1. The Bertz CT molecular complexity index is 1050. The maximum atomic E-state index is 14.3. The zero-order valence-corrected chi connectivity index (χ0v) is 18.9. The summed E-state index contributed by atoms with van der Waals surface area (Å²) < 4.78 is 14.3. The number of carbonyl (C=O) groups is 1. The van der Waals surface area contributed by atoms with Crippen LogP contribution in [0.4, 0.5) is 9.52 Å². The fraction of sp³-hybridized carbons (Fsp3) is 0.348. The van der Waals surface area contributed by atoms with Gasteiger partial charge < -0.3 is 0 Å². The van der Waals surface area contributed by atoms with Crippen LogP contribution in [-0.4, -0.2) is 40.6 Å². The van der Waals surface area contributed by atoms with E-state index < -0.39 is 11.7 Å². The summed E-state index contributed by atoms with van der Waals surface area (Å²) in [5.74, 6) is -1.20. The quantitative estimate of drug-likeness (QED) is 0.479. The number of rotatable bonds is 6. The van der Waals surface area contributed by atoms with Crippen molar-refractivity contribution in [3.8, 4) is 10.6 Å². The van der Waals surface area contributed by atoms with Crippen molar-refractivity contribution in [2.24, 2.45) is 0 Å². The van der Waals surface area contributed by atoms with E-state index >= 15 is 0 Å². The Hall–Kier alpha value is -2.35. The number of amides is 1. The lowest BCUT2D eigenvalue weighted by Gasteiger charge is -2.26.